The van der Waals surface area contributed by atoms with Gasteiger partial charge in [-0.2, -0.15) is 0 Å². The molecule has 6 heteroatoms. The van der Waals surface area contributed by atoms with Crippen LogP contribution in [0.4, 0.5) is 10.1 Å². The van der Waals surface area contributed by atoms with Gasteiger partial charge in [0.15, 0.2) is 0 Å². The fourth-order valence-electron chi connectivity index (χ4n) is 1.63. The van der Waals surface area contributed by atoms with Crippen LogP contribution in [-0.4, -0.2) is 8.42 Å². The fourth-order valence-corrected chi connectivity index (χ4v) is 3.46. The van der Waals surface area contributed by atoms with Crippen molar-refractivity contribution < 1.29 is 12.8 Å². The van der Waals surface area contributed by atoms with Crippen molar-refractivity contribution in [2.75, 3.05) is 4.72 Å². The molecule has 19 heavy (non-hydrogen) atoms. The highest BCUT2D eigenvalue weighted by Gasteiger charge is 2.17. The number of nitrogens with one attached hydrogen (secondary N) is 1. The lowest BCUT2D eigenvalue weighted by Gasteiger charge is -2.10. The summed E-state index contributed by atoms with van der Waals surface area (Å²) in [4.78, 5) is 0.158. The first kappa shape index (κ1) is 14.0. The van der Waals surface area contributed by atoms with Crippen molar-refractivity contribution in [1.29, 1.82) is 0 Å². The normalized spacial score (nSPS) is 11.3. The summed E-state index contributed by atoms with van der Waals surface area (Å²) in [5.41, 5.74) is 0.812. The Labute approximate surface area is 119 Å². The first-order chi connectivity index (χ1) is 8.88. The number of rotatable bonds is 3. The number of anilines is 1. The summed E-state index contributed by atoms with van der Waals surface area (Å²) in [5, 5.41) is 0. The SMILES string of the molecule is Cc1ccc(Br)cc1S(=O)(=O)Nc1cccc(F)c1. The molecule has 2 aromatic carbocycles. The molecule has 0 aliphatic carbocycles. The average molecular weight is 344 g/mol. The summed E-state index contributed by atoms with van der Waals surface area (Å²) < 4.78 is 40.5. The molecular weight excluding hydrogens is 333 g/mol. The lowest BCUT2D eigenvalue weighted by atomic mass is 10.2. The minimum atomic E-state index is -3.73. The molecule has 0 fully saturated rings. The maximum Gasteiger partial charge on any atom is 0.262 e. The van der Waals surface area contributed by atoms with Crippen molar-refractivity contribution >= 4 is 31.6 Å². The standard InChI is InChI=1S/C13H11BrFNO2S/c1-9-5-6-10(14)7-13(9)19(17,18)16-12-4-2-3-11(15)8-12/h2-8,16H,1H3. The molecule has 100 valence electrons. The summed E-state index contributed by atoms with van der Waals surface area (Å²) in [5.74, 6) is -0.494. The van der Waals surface area contributed by atoms with Gasteiger partial charge in [0, 0.05) is 4.47 Å². The molecule has 0 aromatic heterocycles. The zero-order chi connectivity index (χ0) is 14.0. The van der Waals surface area contributed by atoms with Crippen molar-refractivity contribution in [3.05, 3.63) is 58.3 Å². The predicted molar refractivity (Wildman–Crippen MR) is 76.1 cm³/mol. The summed E-state index contributed by atoms with van der Waals surface area (Å²) in [7, 11) is -3.73. The van der Waals surface area contributed by atoms with E-state index in [1.165, 1.54) is 24.3 Å². The number of benzene rings is 2. The van der Waals surface area contributed by atoms with Crippen LogP contribution in [0, 0.1) is 12.7 Å². The summed E-state index contributed by atoms with van der Waals surface area (Å²) in [6.45, 7) is 1.70. The summed E-state index contributed by atoms with van der Waals surface area (Å²) >= 11 is 3.23. The highest BCUT2D eigenvalue weighted by molar-refractivity contribution is 9.10. The zero-order valence-electron chi connectivity index (χ0n) is 10.0. The highest BCUT2D eigenvalue weighted by atomic mass is 79.9. The van der Waals surface area contributed by atoms with Crippen LogP contribution in [-0.2, 0) is 10.0 Å². The molecule has 2 aromatic rings. The molecule has 0 aliphatic heterocycles. The molecule has 3 nitrogen and oxygen atoms in total. The van der Waals surface area contributed by atoms with Gasteiger partial charge in [0.2, 0.25) is 0 Å². The van der Waals surface area contributed by atoms with Crippen LogP contribution in [0.1, 0.15) is 5.56 Å². The van der Waals surface area contributed by atoms with E-state index >= 15 is 0 Å². The molecule has 0 unspecified atom stereocenters. The number of hydrogen-bond acceptors (Lipinski definition) is 2. The Hall–Kier alpha value is -1.40. The van der Waals surface area contributed by atoms with Crippen LogP contribution in [0.15, 0.2) is 51.8 Å². The third-order valence-electron chi connectivity index (χ3n) is 2.52. The Morgan fingerprint density at radius 2 is 1.89 bits per heavy atom. The number of aryl methyl sites for hydroxylation is 1. The largest absolute Gasteiger partial charge is 0.280 e. The maximum absolute atomic E-state index is 13.0. The molecule has 0 saturated carbocycles. The van der Waals surface area contributed by atoms with Gasteiger partial charge >= 0.3 is 0 Å². The predicted octanol–water partition coefficient (Wildman–Crippen LogP) is 3.70. The number of sulfonamides is 1. The van der Waals surface area contributed by atoms with Gasteiger partial charge in [-0.25, -0.2) is 12.8 Å². The van der Waals surface area contributed by atoms with E-state index < -0.39 is 15.8 Å². The molecule has 0 bridgehead atoms. The van der Waals surface area contributed by atoms with Crippen LogP contribution in [0.3, 0.4) is 0 Å². The van der Waals surface area contributed by atoms with Gasteiger partial charge in [-0.1, -0.05) is 28.1 Å². The second-order valence-electron chi connectivity index (χ2n) is 4.03. The van der Waals surface area contributed by atoms with Crippen molar-refractivity contribution in [2.24, 2.45) is 0 Å². The Balaban J connectivity index is 2.40. The van der Waals surface area contributed by atoms with Crippen LogP contribution in [0.5, 0.6) is 0 Å². The van der Waals surface area contributed by atoms with Gasteiger partial charge in [-0.05, 0) is 42.8 Å². The van der Waals surface area contributed by atoms with E-state index in [1.807, 2.05) is 0 Å². The van der Waals surface area contributed by atoms with Crippen molar-refractivity contribution in [3.8, 4) is 0 Å². The van der Waals surface area contributed by atoms with Crippen LogP contribution in [0.25, 0.3) is 0 Å². The number of hydrogen-bond donors (Lipinski definition) is 1. The molecule has 2 rings (SSSR count). The van der Waals surface area contributed by atoms with Crippen LogP contribution < -0.4 is 4.72 Å². The minimum Gasteiger partial charge on any atom is -0.280 e. The topological polar surface area (TPSA) is 46.2 Å². The molecular formula is C13H11BrFNO2S. The average Bonchev–Trinajstić information content (AvgIpc) is 2.31. The van der Waals surface area contributed by atoms with Gasteiger partial charge in [0.1, 0.15) is 5.82 Å². The molecule has 0 aliphatic rings. The Morgan fingerprint density at radius 1 is 1.16 bits per heavy atom. The zero-order valence-corrected chi connectivity index (χ0v) is 12.4. The monoisotopic (exact) mass is 343 g/mol. The van der Waals surface area contributed by atoms with Gasteiger partial charge in [-0.3, -0.25) is 4.72 Å². The maximum atomic E-state index is 13.0. The van der Waals surface area contributed by atoms with E-state index in [1.54, 1.807) is 19.1 Å². The van der Waals surface area contributed by atoms with Gasteiger partial charge in [0.05, 0.1) is 10.6 Å². The Bertz CT molecular complexity index is 716. The van der Waals surface area contributed by atoms with Gasteiger partial charge in [-0.15, -0.1) is 0 Å². The van der Waals surface area contributed by atoms with Crippen molar-refractivity contribution in [2.45, 2.75) is 11.8 Å². The fraction of sp³-hybridized carbons (Fsp3) is 0.0769. The van der Waals surface area contributed by atoms with E-state index in [0.29, 0.717) is 10.0 Å². The highest BCUT2D eigenvalue weighted by Crippen LogP contribution is 2.23. The van der Waals surface area contributed by atoms with Gasteiger partial charge in [0.25, 0.3) is 10.0 Å². The van der Waals surface area contributed by atoms with Crippen LogP contribution in [0.2, 0.25) is 0 Å². The van der Waals surface area contributed by atoms with E-state index in [4.69, 9.17) is 0 Å². The molecule has 0 amide bonds. The molecule has 0 atom stereocenters. The van der Waals surface area contributed by atoms with E-state index in [0.717, 1.165) is 6.07 Å². The first-order valence-electron chi connectivity index (χ1n) is 5.43. The molecule has 0 spiro atoms. The number of halogens is 2. The third-order valence-corrected chi connectivity index (χ3v) is 4.53. The van der Waals surface area contributed by atoms with Crippen LogP contribution >= 0.6 is 15.9 Å². The molecule has 1 N–H and O–H groups in total. The molecule has 0 saturated heterocycles. The summed E-state index contributed by atoms with van der Waals surface area (Å²) in [6, 6.07) is 10.3. The lowest BCUT2D eigenvalue weighted by molar-refractivity contribution is 0.600. The Morgan fingerprint density at radius 3 is 2.58 bits per heavy atom. The van der Waals surface area contributed by atoms with E-state index in [2.05, 4.69) is 20.7 Å². The van der Waals surface area contributed by atoms with E-state index in [-0.39, 0.29) is 10.6 Å². The molecule has 0 heterocycles. The quantitative estimate of drug-likeness (QED) is 0.923. The second kappa shape index (κ2) is 5.30. The smallest absolute Gasteiger partial charge is 0.262 e. The molecule has 0 radical (unpaired) electrons. The third kappa shape index (κ3) is 3.33. The minimum absolute atomic E-state index is 0.158. The first-order valence-corrected chi connectivity index (χ1v) is 7.71. The van der Waals surface area contributed by atoms with Crippen molar-refractivity contribution in [1.82, 2.24) is 0 Å². The Kier molecular flexibility index (Phi) is 3.91. The van der Waals surface area contributed by atoms with E-state index in [9.17, 15) is 12.8 Å². The lowest BCUT2D eigenvalue weighted by Crippen LogP contribution is -2.14. The van der Waals surface area contributed by atoms with Crippen molar-refractivity contribution in [3.63, 3.8) is 0 Å². The second-order valence-corrected chi connectivity index (χ2v) is 6.59. The summed E-state index contributed by atoms with van der Waals surface area (Å²) in [6.07, 6.45) is 0. The van der Waals surface area contributed by atoms with Gasteiger partial charge < -0.3 is 0 Å².